The van der Waals surface area contributed by atoms with Crippen molar-refractivity contribution in [1.29, 1.82) is 0 Å². The van der Waals surface area contributed by atoms with Gasteiger partial charge in [0.15, 0.2) is 23.0 Å². The van der Waals surface area contributed by atoms with Crippen LogP contribution in [0.5, 0.6) is 11.5 Å². The van der Waals surface area contributed by atoms with Gasteiger partial charge in [0.1, 0.15) is 17.4 Å². The minimum atomic E-state index is -2.70. The molecular weight excluding hydrogens is 504 g/mol. The summed E-state index contributed by atoms with van der Waals surface area (Å²) in [6.45, 7) is 0. The van der Waals surface area contributed by atoms with Crippen LogP contribution in [0.15, 0.2) is 36.4 Å². The number of phenolic OH excluding ortho intramolecular Hbond substituents is 2. The highest BCUT2D eigenvalue weighted by molar-refractivity contribution is 6.25. The van der Waals surface area contributed by atoms with Crippen LogP contribution in [0.2, 0.25) is 0 Å². The van der Waals surface area contributed by atoms with Gasteiger partial charge in [0, 0.05) is 23.1 Å². The van der Waals surface area contributed by atoms with Gasteiger partial charge in [0.25, 0.3) is 0 Å². The molecule has 3 aliphatic carbocycles. The fraction of sp³-hybridized carbons (Fsp3) is 0.379. The highest BCUT2D eigenvalue weighted by atomic mass is 16.3. The number of nitrogens with zero attached hydrogens (tertiary/aromatic N) is 1. The standard InChI is InChI=1S/C29H28N2O8/c1-31(2)23-18-12-15-11-17-14(7-6-13-4-3-5-16(32)10-13)8-9-19(33)21(17)24(34)20(15)26(36)29(18,39)27(37)22(25(23)35)28(30)38/h3-5,8-10,15,18,20,22-23,25,32-33,35,39H,11-12H2,1-2H3,(H2,30,38)/t15-,18-,20?,22?,23-,25?,29-/m1/s1. The van der Waals surface area contributed by atoms with E-state index in [4.69, 9.17) is 5.73 Å². The maximum atomic E-state index is 13.9. The van der Waals surface area contributed by atoms with E-state index in [-0.39, 0.29) is 29.9 Å². The van der Waals surface area contributed by atoms with E-state index in [1.54, 1.807) is 32.3 Å². The lowest BCUT2D eigenvalue weighted by molar-refractivity contribution is -0.190. The van der Waals surface area contributed by atoms with Crippen LogP contribution in [-0.2, 0) is 20.8 Å². The summed E-state index contributed by atoms with van der Waals surface area (Å²) in [7, 11) is 3.18. The molecule has 3 unspecified atom stereocenters. The summed E-state index contributed by atoms with van der Waals surface area (Å²) in [5.41, 5.74) is 3.99. The molecule has 0 spiro atoms. The van der Waals surface area contributed by atoms with E-state index in [0.29, 0.717) is 16.7 Å². The summed E-state index contributed by atoms with van der Waals surface area (Å²) in [6, 6.07) is 8.21. The third kappa shape index (κ3) is 3.93. The van der Waals surface area contributed by atoms with E-state index in [2.05, 4.69) is 11.8 Å². The number of carbonyl (C=O) groups is 4. The molecule has 0 radical (unpaired) electrons. The zero-order chi connectivity index (χ0) is 28.4. The molecule has 7 atom stereocenters. The van der Waals surface area contributed by atoms with Crippen molar-refractivity contribution in [3.63, 3.8) is 0 Å². The van der Waals surface area contributed by atoms with Crippen LogP contribution in [0.3, 0.4) is 0 Å². The fourth-order valence-electron chi connectivity index (χ4n) is 6.66. The van der Waals surface area contributed by atoms with Crippen molar-refractivity contribution in [2.24, 2.45) is 29.4 Å². The summed E-state index contributed by atoms with van der Waals surface area (Å²) in [4.78, 5) is 54.6. The van der Waals surface area contributed by atoms with Gasteiger partial charge in [-0.2, -0.15) is 0 Å². The Hall–Kier alpha value is -4.04. The summed E-state index contributed by atoms with van der Waals surface area (Å²) >= 11 is 0. The Balaban J connectivity index is 1.61. The summed E-state index contributed by atoms with van der Waals surface area (Å²) in [5, 5.41) is 42.9. The Bertz CT molecular complexity index is 1490. The molecule has 2 aromatic rings. The molecule has 6 N–H and O–H groups in total. The first-order valence-electron chi connectivity index (χ1n) is 12.5. The molecule has 0 saturated heterocycles. The Kier molecular flexibility index (Phi) is 6.34. The average Bonchev–Trinajstić information content (AvgIpc) is 2.85. The lowest BCUT2D eigenvalue weighted by Crippen LogP contribution is -2.75. The van der Waals surface area contributed by atoms with Gasteiger partial charge in [-0.25, -0.2) is 0 Å². The van der Waals surface area contributed by atoms with Gasteiger partial charge in [-0.1, -0.05) is 17.9 Å². The molecule has 2 aromatic carbocycles. The first-order chi connectivity index (χ1) is 18.4. The number of aromatic hydroxyl groups is 2. The lowest BCUT2D eigenvalue weighted by Gasteiger charge is -2.54. The van der Waals surface area contributed by atoms with Crippen molar-refractivity contribution >= 4 is 23.3 Å². The molecule has 0 aliphatic heterocycles. The number of fused-ring (bicyclic) bond motifs is 3. The Morgan fingerprint density at radius 2 is 1.79 bits per heavy atom. The molecule has 2 fully saturated rings. The number of carbonyl (C=O) groups excluding carboxylic acids is 4. The number of likely N-dealkylation sites (N-methyl/N-ethyl adjacent to an activating group) is 1. The predicted octanol–water partition coefficient (Wildman–Crippen LogP) is -0.236. The number of nitrogens with two attached hydrogens (primary N) is 1. The topological polar surface area (TPSA) is 178 Å². The number of aliphatic hydroxyl groups is 2. The maximum absolute atomic E-state index is 13.9. The highest BCUT2D eigenvalue weighted by Gasteiger charge is 2.69. The van der Waals surface area contributed by atoms with Crippen LogP contribution < -0.4 is 5.73 Å². The largest absolute Gasteiger partial charge is 0.508 e. The lowest BCUT2D eigenvalue weighted by atomic mass is 9.52. The van der Waals surface area contributed by atoms with Crippen LogP contribution in [0, 0.1) is 35.5 Å². The Morgan fingerprint density at radius 1 is 1.08 bits per heavy atom. The third-order valence-corrected chi connectivity index (χ3v) is 8.36. The monoisotopic (exact) mass is 532 g/mol. The SMILES string of the molecule is CN(C)[C@H]1C(O)C(C(N)=O)C(=O)[C@]2(O)C(=O)C3C(=O)c4c(O)ccc(C#Cc5cccc(O)c5)c4C[C@@H]3C[C@H]12. The van der Waals surface area contributed by atoms with E-state index in [1.165, 1.54) is 23.1 Å². The van der Waals surface area contributed by atoms with E-state index in [0.717, 1.165) is 0 Å². The second-order valence-corrected chi connectivity index (χ2v) is 10.8. The van der Waals surface area contributed by atoms with Crippen LogP contribution >= 0.6 is 0 Å². The van der Waals surface area contributed by atoms with Gasteiger partial charge in [0.05, 0.1) is 17.6 Å². The van der Waals surface area contributed by atoms with E-state index in [9.17, 15) is 39.6 Å². The highest BCUT2D eigenvalue weighted by Crippen LogP contribution is 2.51. The number of hydrogen-bond acceptors (Lipinski definition) is 9. The number of hydrogen-bond donors (Lipinski definition) is 5. The number of rotatable bonds is 2. The van der Waals surface area contributed by atoms with Crippen molar-refractivity contribution in [3.8, 4) is 23.3 Å². The molecule has 3 aliphatic rings. The van der Waals surface area contributed by atoms with Gasteiger partial charge >= 0.3 is 0 Å². The smallest absolute Gasteiger partial charge is 0.230 e. The minimum Gasteiger partial charge on any atom is -0.508 e. The molecule has 10 nitrogen and oxygen atoms in total. The summed E-state index contributed by atoms with van der Waals surface area (Å²) in [5.74, 6) is -3.59. The van der Waals surface area contributed by atoms with Crippen molar-refractivity contribution in [3.05, 3.63) is 58.7 Å². The molecule has 0 bridgehead atoms. The van der Waals surface area contributed by atoms with Gasteiger partial charge < -0.3 is 31.1 Å². The first-order valence-corrected chi connectivity index (χ1v) is 12.5. The first kappa shape index (κ1) is 26.6. The van der Waals surface area contributed by atoms with Crippen molar-refractivity contribution < 1.29 is 39.6 Å². The van der Waals surface area contributed by atoms with E-state index >= 15 is 0 Å². The Labute approximate surface area is 224 Å². The Morgan fingerprint density at radius 3 is 2.44 bits per heavy atom. The van der Waals surface area contributed by atoms with Gasteiger partial charge in [-0.05, 0) is 68.8 Å². The average molecular weight is 533 g/mol. The zero-order valence-electron chi connectivity index (χ0n) is 21.3. The molecular formula is C29H28N2O8. The van der Waals surface area contributed by atoms with Crippen LogP contribution in [-0.4, -0.2) is 80.4 Å². The van der Waals surface area contributed by atoms with Crippen molar-refractivity contribution in [2.45, 2.75) is 30.6 Å². The minimum absolute atomic E-state index is 0.0182. The zero-order valence-corrected chi connectivity index (χ0v) is 21.3. The number of phenols is 2. The molecule has 202 valence electrons. The molecule has 1 amide bonds. The molecule has 2 saturated carbocycles. The van der Waals surface area contributed by atoms with E-state index < -0.39 is 64.7 Å². The molecule has 0 heterocycles. The van der Waals surface area contributed by atoms with Crippen molar-refractivity contribution in [2.75, 3.05) is 14.1 Å². The van der Waals surface area contributed by atoms with Crippen molar-refractivity contribution in [1.82, 2.24) is 4.90 Å². The third-order valence-electron chi connectivity index (χ3n) is 8.36. The van der Waals surface area contributed by atoms with Gasteiger partial charge in [-0.3, -0.25) is 19.2 Å². The predicted molar refractivity (Wildman–Crippen MR) is 136 cm³/mol. The number of aliphatic hydroxyl groups excluding tert-OH is 1. The number of amides is 1. The van der Waals surface area contributed by atoms with Crippen LogP contribution in [0.1, 0.15) is 33.5 Å². The van der Waals surface area contributed by atoms with Crippen LogP contribution in [0.4, 0.5) is 0 Å². The molecule has 0 aromatic heterocycles. The second kappa shape index (κ2) is 9.31. The van der Waals surface area contributed by atoms with Gasteiger partial charge in [0.2, 0.25) is 5.91 Å². The molecule has 10 heteroatoms. The number of ketones is 3. The molecule has 39 heavy (non-hydrogen) atoms. The van der Waals surface area contributed by atoms with Gasteiger partial charge in [-0.15, -0.1) is 0 Å². The van der Waals surface area contributed by atoms with Crippen LogP contribution in [0.25, 0.3) is 0 Å². The molecule has 5 rings (SSSR count). The second-order valence-electron chi connectivity index (χ2n) is 10.8. The van der Waals surface area contributed by atoms with E-state index in [1.807, 2.05) is 0 Å². The normalized spacial score (nSPS) is 31.6. The number of primary amides is 1. The summed E-state index contributed by atoms with van der Waals surface area (Å²) < 4.78 is 0. The number of benzene rings is 2. The number of Topliss-reactive ketones (excluding diaryl/α,β-unsaturated/α-hetero) is 3. The quantitative estimate of drug-likeness (QED) is 0.258. The maximum Gasteiger partial charge on any atom is 0.230 e. The fourth-order valence-corrected chi connectivity index (χ4v) is 6.66. The summed E-state index contributed by atoms with van der Waals surface area (Å²) in [6.07, 6.45) is -1.39.